The van der Waals surface area contributed by atoms with Crippen LogP contribution in [0.15, 0.2) is 29.3 Å². The average molecular weight is 343 g/mol. The van der Waals surface area contributed by atoms with E-state index in [1.165, 1.54) is 12.3 Å². The van der Waals surface area contributed by atoms with Gasteiger partial charge in [0.1, 0.15) is 15.7 Å². The predicted molar refractivity (Wildman–Crippen MR) is 93.0 cm³/mol. The van der Waals surface area contributed by atoms with Crippen LogP contribution in [0.25, 0.3) is 0 Å². The second kappa shape index (κ2) is 9.50. The first-order valence-corrected chi connectivity index (χ1v) is 9.84. The van der Waals surface area contributed by atoms with Gasteiger partial charge >= 0.3 is 0 Å². The zero-order valence-corrected chi connectivity index (χ0v) is 14.8. The van der Waals surface area contributed by atoms with Crippen molar-refractivity contribution in [3.05, 3.63) is 35.6 Å². The standard InChI is InChI=1S/C16H26FN3O2S/c1-4-18-16(20-13(2)10-12-23(3,21)22)19-11-9-14-7-5-6-8-15(14)17/h5-8,13H,4,9-12H2,1-3H3,(H2,18,19,20). The molecule has 1 rings (SSSR count). The van der Waals surface area contributed by atoms with Crippen molar-refractivity contribution in [1.29, 1.82) is 0 Å². The third kappa shape index (κ3) is 8.54. The molecule has 1 aromatic carbocycles. The Morgan fingerprint density at radius 1 is 1.35 bits per heavy atom. The molecule has 0 bridgehead atoms. The van der Waals surface area contributed by atoms with E-state index >= 15 is 0 Å². The summed E-state index contributed by atoms with van der Waals surface area (Å²) in [4.78, 5) is 4.41. The van der Waals surface area contributed by atoms with E-state index in [1.807, 2.05) is 13.8 Å². The predicted octanol–water partition coefficient (Wildman–Crippen LogP) is 1.75. The Labute approximate surface area is 138 Å². The minimum absolute atomic E-state index is 0.0176. The van der Waals surface area contributed by atoms with Crippen LogP contribution < -0.4 is 10.6 Å². The average Bonchev–Trinajstić information content (AvgIpc) is 2.46. The molecule has 1 unspecified atom stereocenters. The van der Waals surface area contributed by atoms with E-state index in [0.717, 1.165) is 0 Å². The Bertz CT molecular complexity index is 618. The van der Waals surface area contributed by atoms with Crippen molar-refractivity contribution in [2.45, 2.75) is 32.7 Å². The fourth-order valence-electron chi connectivity index (χ4n) is 2.01. The van der Waals surface area contributed by atoms with Crippen LogP contribution in [0, 0.1) is 5.82 Å². The fourth-order valence-corrected chi connectivity index (χ4v) is 2.79. The van der Waals surface area contributed by atoms with Crippen LogP contribution in [-0.2, 0) is 16.3 Å². The highest BCUT2D eigenvalue weighted by molar-refractivity contribution is 7.90. The molecule has 2 N–H and O–H groups in total. The van der Waals surface area contributed by atoms with E-state index < -0.39 is 9.84 Å². The van der Waals surface area contributed by atoms with E-state index in [9.17, 15) is 12.8 Å². The van der Waals surface area contributed by atoms with Gasteiger partial charge < -0.3 is 10.6 Å². The largest absolute Gasteiger partial charge is 0.357 e. The smallest absolute Gasteiger partial charge is 0.191 e. The summed E-state index contributed by atoms with van der Waals surface area (Å²) in [5, 5.41) is 6.28. The summed E-state index contributed by atoms with van der Waals surface area (Å²) in [6, 6.07) is 6.64. The summed E-state index contributed by atoms with van der Waals surface area (Å²) in [5.41, 5.74) is 0.636. The van der Waals surface area contributed by atoms with Crippen molar-refractivity contribution in [2.24, 2.45) is 4.99 Å². The zero-order valence-electron chi connectivity index (χ0n) is 14.0. The Kier molecular flexibility index (Phi) is 8.02. The zero-order chi connectivity index (χ0) is 17.3. The first kappa shape index (κ1) is 19.4. The molecule has 1 aromatic rings. The number of sulfone groups is 1. The molecule has 0 saturated carbocycles. The van der Waals surface area contributed by atoms with Crippen molar-refractivity contribution in [3.63, 3.8) is 0 Å². The van der Waals surface area contributed by atoms with Crippen LogP contribution in [0.3, 0.4) is 0 Å². The van der Waals surface area contributed by atoms with Gasteiger partial charge in [-0.25, -0.2) is 12.8 Å². The second-order valence-corrected chi connectivity index (χ2v) is 7.83. The third-order valence-electron chi connectivity index (χ3n) is 3.26. The van der Waals surface area contributed by atoms with Crippen molar-refractivity contribution >= 4 is 15.8 Å². The molecule has 0 aliphatic rings. The van der Waals surface area contributed by atoms with Crippen molar-refractivity contribution in [3.8, 4) is 0 Å². The van der Waals surface area contributed by atoms with Gasteiger partial charge in [-0.05, 0) is 38.3 Å². The first-order valence-electron chi connectivity index (χ1n) is 7.77. The molecule has 0 fully saturated rings. The molecule has 0 amide bonds. The quantitative estimate of drug-likeness (QED) is 0.557. The summed E-state index contributed by atoms with van der Waals surface area (Å²) >= 11 is 0. The molecule has 0 spiro atoms. The van der Waals surface area contributed by atoms with Crippen molar-refractivity contribution < 1.29 is 12.8 Å². The van der Waals surface area contributed by atoms with Gasteiger partial charge in [-0.1, -0.05) is 18.2 Å². The number of hydrogen-bond donors (Lipinski definition) is 2. The Morgan fingerprint density at radius 3 is 2.65 bits per heavy atom. The molecule has 0 saturated heterocycles. The molecule has 0 aliphatic heterocycles. The highest BCUT2D eigenvalue weighted by Crippen LogP contribution is 2.06. The highest BCUT2D eigenvalue weighted by atomic mass is 32.2. The minimum Gasteiger partial charge on any atom is -0.357 e. The number of nitrogens with zero attached hydrogens (tertiary/aromatic N) is 1. The maximum absolute atomic E-state index is 13.5. The van der Waals surface area contributed by atoms with Crippen molar-refractivity contribution in [2.75, 3.05) is 25.1 Å². The number of aliphatic imine (C=N–C) groups is 1. The van der Waals surface area contributed by atoms with Crippen LogP contribution >= 0.6 is 0 Å². The third-order valence-corrected chi connectivity index (χ3v) is 4.24. The second-order valence-electron chi connectivity index (χ2n) is 5.57. The first-order chi connectivity index (χ1) is 10.8. The van der Waals surface area contributed by atoms with Gasteiger partial charge in [0.15, 0.2) is 5.96 Å². The number of rotatable bonds is 8. The molecule has 1 atom stereocenters. The lowest BCUT2D eigenvalue weighted by molar-refractivity contribution is 0.581. The van der Waals surface area contributed by atoms with E-state index in [0.29, 0.717) is 37.5 Å². The Morgan fingerprint density at radius 2 is 2.04 bits per heavy atom. The molecule has 7 heteroatoms. The van der Waals surface area contributed by atoms with Crippen LogP contribution in [0.2, 0.25) is 0 Å². The maximum atomic E-state index is 13.5. The SMILES string of the molecule is CCNC(=NCCc1ccccc1F)NC(C)CCS(C)(=O)=O. The summed E-state index contributed by atoms with van der Waals surface area (Å²) < 4.78 is 35.9. The normalized spacial score (nSPS) is 13.7. The van der Waals surface area contributed by atoms with E-state index in [1.54, 1.807) is 18.2 Å². The van der Waals surface area contributed by atoms with E-state index in [4.69, 9.17) is 0 Å². The van der Waals surface area contributed by atoms with Gasteiger partial charge in [0, 0.05) is 25.4 Å². The lowest BCUT2D eigenvalue weighted by atomic mass is 10.1. The molecular formula is C16H26FN3O2S. The topological polar surface area (TPSA) is 70.6 Å². The number of nitrogens with one attached hydrogen (secondary N) is 2. The van der Waals surface area contributed by atoms with Gasteiger partial charge in [-0.2, -0.15) is 0 Å². The Balaban J connectivity index is 2.54. The minimum atomic E-state index is -2.97. The summed E-state index contributed by atoms with van der Waals surface area (Å²) in [6.45, 7) is 5.02. The van der Waals surface area contributed by atoms with Crippen LogP contribution in [0.4, 0.5) is 4.39 Å². The fraction of sp³-hybridized carbons (Fsp3) is 0.562. The Hall–Kier alpha value is -1.63. The number of halogens is 1. The van der Waals surface area contributed by atoms with Crippen LogP contribution in [0.5, 0.6) is 0 Å². The van der Waals surface area contributed by atoms with Gasteiger partial charge in [0.25, 0.3) is 0 Å². The van der Waals surface area contributed by atoms with Crippen molar-refractivity contribution in [1.82, 2.24) is 10.6 Å². The van der Waals surface area contributed by atoms with E-state index in [2.05, 4.69) is 15.6 Å². The maximum Gasteiger partial charge on any atom is 0.191 e. The molecule has 5 nitrogen and oxygen atoms in total. The van der Waals surface area contributed by atoms with Crippen LogP contribution in [0.1, 0.15) is 25.8 Å². The summed E-state index contributed by atoms with van der Waals surface area (Å²) in [7, 11) is -2.97. The molecular weight excluding hydrogens is 317 g/mol. The number of benzene rings is 1. The van der Waals surface area contributed by atoms with Gasteiger partial charge in [0.2, 0.25) is 0 Å². The monoisotopic (exact) mass is 343 g/mol. The lowest BCUT2D eigenvalue weighted by Gasteiger charge is -2.17. The molecule has 130 valence electrons. The van der Waals surface area contributed by atoms with E-state index in [-0.39, 0.29) is 17.6 Å². The van der Waals surface area contributed by atoms with Crippen LogP contribution in [-0.4, -0.2) is 45.5 Å². The molecule has 0 aliphatic carbocycles. The molecule has 23 heavy (non-hydrogen) atoms. The summed E-state index contributed by atoms with van der Waals surface area (Å²) in [5.74, 6) is 0.530. The number of guanidine groups is 1. The van der Waals surface area contributed by atoms with Gasteiger partial charge in [-0.15, -0.1) is 0 Å². The molecule has 0 aromatic heterocycles. The molecule has 0 heterocycles. The molecule has 0 radical (unpaired) electrons. The lowest BCUT2D eigenvalue weighted by Crippen LogP contribution is -2.43. The van der Waals surface area contributed by atoms with Gasteiger partial charge in [0.05, 0.1) is 5.75 Å². The number of hydrogen-bond acceptors (Lipinski definition) is 3. The van der Waals surface area contributed by atoms with Gasteiger partial charge in [-0.3, -0.25) is 4.99 Å². The summed E-state index contributed by atoms with van der Waals surface area (Å²) in [6.07, 6.45) is 2.25. The highest BCUT2D eigenvalue weighted by Gasteiger charge is 2.09.